The van der Waals surface area contributed by atoms with Crippen molar-refractivity contribution >= 4 is 11.0 Å². The first-order valence-corrected chi connectivity index (χ1v) is 5.41. The molecule has 0 saturated heterocycles. The van der Waals surface area contributed by atoms with Crippen molar-refractivity contribution in [2.75, 3.05) is 0 Å². The molecule has 3 rings (SSSR count). The summed E-state index contributed by atoms with van der Waals surface area (Å²) in [5, 5.41) is 0.618. The number of hydrogen-bond donors (Lipinski definition) is 0. The van der Waals surface area contributed by atoms with Gasteiger partial charge in [0.2, 0.25) is 0 Å². The lowest BCUT2D eigenvalue weighted by molar-refractivity contribution is 0.603. The molecular weight excluding hydrogens is 212 g/mol. The summed E-state index contributed by atoms with van der Waals surface area (Å²) in [5.41, 5.74) is 2.78. The van der Waals surface area contributed by atoms with Crippen molar-refractivity contribution in [1.82, 2.24) is 0 Å². The highest BCUT2D eigenvalue weighted by Crippen LogP contribution is 2.22. The maximum atomic E-state index is 11.6. The number of fused-ring (bicyclic) bond motifs is 1. The first-order chi connectivity index (χ1) is 8.34. The summed E-state index contributed by atoms with van der Waals surface area (Å²) >= 11 is 0. The van der Waals surface area contributed by atoms with Gasteiger partial charge in [0.05, 0.1) is 11.6 Å². The van der Waals surface area contributed by atoms with Crippen LogP contribution >= 0.6 is 0 Å². The highest BCUT2D eigenvalue weighted by atomic mass is 16.3. The van der Waals surface area contributed by atoms with Gasteiger partial charge in [0.15, 0.2) is 5.43 Å². The molecule has 0 aliphatic rings. The van der Waals surface area contributed by atoms with Gasteiger partial charge in [-0.25, -0.2) is 0 Å². The van der Waals surface area contributed by atoms with Crippen LogP contribution in [0.25, 0.3) is 22.1 Å². The molecule has 2 aromatic carbocycles. The topological polar surface area (TPSA) is 30.2 Å². The van der Waals surface area contributed by atoms with E-state index >= 15 is 0 Å². The molecule has 0 bridgehead atoms. The Balaban J connectivity index is 2.25. The van der Waals surface area contributed by atoms with Crippen LogP contribution in [-0.2, 0) is 0 Å². The van der Waals surface area contributed by atoms with Crippen LogP contribution in [0.4, 0.5) is 0 Å². The van der Waals surface area contributed by atoms with Crippen LogP contribution in [0.1, 0.15) is 0 Å². The van der Waals surface area contributed by atoms with Gasteiger partial charge in [0, 0.05) is 6.07 Å². The van der Waals surface area contributed by atoms with Crippen molar-refractivity contribution < 1.29 is 4.42 Å². The highest BCUT2D eigenvalue weighted by molar-refractivity contribution is 5.82. The van der Waals surface area contributed by atoms with Crippen molar-refractivity contribution in [2.45, 2.75) is 0 Å². The molecule has 0 aliphatic heterocycles. The van der Waals surface area contributed by atoms with Crippen molar-refractivity contribution in [3.63, 3.8) is 0 Å². The van der Waals surface area contributed by atoms with Crippen LogP contribution in [0.15, 0.2) is 70.1 Å². The van der Waals surface area contributed by atoms with Gasteiger partial charge in [-0.3, -0.25) is 4.79 Å². The van der Waals surface area contributed by atoms with E-state index in [2.05, 4.69) is 0 Å². The Bertz CT molecular complexity index is 712. The van der Waals surface area contributed by atoms with E-state index in [1.54, 1.807) is 0 Å². The first kappa shape index (κ1) is 9.85. The molecule has 17 heavy (non-hydrogen) atoms. The second kappa shape index (κ2) is 3.91. The smallest absolute Gasteiger partial charge is 0.192 e. The zero-order valence-corrected chi connectivity index (χ0v) is 9.09. The fourth-order valence-electron chi connectivity index (χ4n) is 1.89. The Kier molecular flexibility index (Phi) is 2.26. The molecule has 2 nitrogen and oxygen atoms in total. The van der Waals surface area contributed by atoms with Gasteiger partial charge in [-0.1, -0.05) is 36.4 Å². The molecule has 2 heteroatoms. The van der Waals surface area contributed by atoms with Crippen LogP contribution < -0.4 is 5.43 Å². The number of hydrogen-bond acceptors (Lipinski definition) is 2. The van der Waals surface area contributed by atoms with Gasteiger partial charge < -0.3 is 4.42 Å². The van der Waals surface area contributed by atoms with E-state index < -0.39 is 0 Å². The number of rotatable bonds is 1. The maximum absolute atomic E-state index is 11.6. The second-order valence-corrected chi connectivity index (χ2v) is 3.86. The summed E-state index contributed by atoms with van der Waals surface area (Å²) < 4.78 is 5.35. The predicted octanol–water partition coefficient (Wildman–Crippen LogP) is 3.46. The molecule has 0 fully saturated rings. The maximum Gasteiger partial charge on any atom is 0.192 e. The minimum absolute atomic E-state index is 0.00846. The SMILES string of the molecule is O=c1ccoc2cc(-c3ccccc3)ccc12. The van der Waals surface area contributed by atoms with Gasteiger partial charge in [0.25, 0.3) is 0 Å². The summed E-state index contributed by atoms with van der Waals surface area (Å²) in [6.07, 6.45) is 1.43. The summed E-state index contributed by atoms with van der Waals surface area (Å²) in [4.78, 5) is 11.6. The molecule has 1 aromatic heterocycles. The minimum atomic E-state index is -0.00846. The lowest BCUT2D eigenvalue weighted by atomic mass is 10.0. The van der Waals surface area contributed by atoms with Crippen molar-refractivity contribution in [1.29, 1.82) is 0 Å². The van der Waals surface area contributed by atoms with E-state index in [-0.39, 0.29) is 5.43 Å². The third kappa shape index (κ3) is 1.74. The fraction of sp³-hybridized carbons (Fsp3) is 0. The molecule has 0 radical (unpaired) electrons. The summed E-state index contributed by atoms with van der Waals surface area (Å²) in [7, 11) is 0. The van der Waals surface area contributed by atoms with Gasteiger partial charge in [-0.2, -0.15) is 0 Å². The lowest BCUT2D eigenvalue weighted by Crippen LogP contribution is -1.97. The van der Waals surface area contributed by atoms with Crippen molar-refractivity contribution in [2.24, 2.45) is 0 Å². The molecule has 0 amide bonds. The van der Waals surface area contributed by atoms with Gasteiger partial charge in [0.1, 0.15) is 5.58 Å². The normalized spacial score (nSPS) is 10.6. The quantitative estimate of drug-likeness (QED) is 0.631. The van der Waals surface area contributed by atoms with E-state index in [1.807, 2.05) is 48.5 Å². The summed E-state index contributed by atoms with van der Waals surface area (Å²) in [5.74, 6) is 0. The third-order valence-electron chi connectivity index (χ3n) is 2.77. The Hall–Kier alpha value is -2.35. The fourth-order valence-corrected chi connectivity index (χ4v) is 1.89. The third-order valence-corrected chi connectivity index (χ3v) is 2.77. The highest BCUT2D eigenvalue weighted by Gasteiger charge is 2.02. The first-order valence-electron chi connectivity index (χ1n) is 5.41. The molecule has 0 saturated carbocycles. The van der Waals surface area contributed by atoms with Crippen LogP contribution in [-0.4, -0.2) is 0 Å². The molecule has 0 N–H and O–H groups in total. The molecule has 3 aromatic rings. The molecule has 1 heterocycles. The van der Waals surface area contributed by atoms with Crippen LogP contribution in [0.2, 0.25) is 0 Å². The molecule has 0 aliphatic carbocycles. The Morgan fingerprint density at radius 1 is 0.824 bits per heavy atom. The van der Waals surface area contributed by atoms with E-state index in [9.17, 15) is 4.79 Å². The Morgan fingerprint density at radius 3 is 2.47 bits per heavy atom. The average molecular weight is 222 g/mol. The Labute approximate surface area is 98.1 Å². The van der Waals surface area contributed by atoms with E-state index in [0.29, 0.717) is 11.0 Å². The van der Waals surface area contributed by atoms with Gasteiger partial charge >= 0.3 is 0 Å². The van der Waals surface area contributed by atoms with E-state index in [1.165, 1.54) is 12.3 Å². The average Bonchev–Trinajstić information content (AvgIpc) is 2.40. The van der Waals surface area contributed by atoms with Crippen LogP contribution in [0, 0.1) is 0 Å². The standard InChI is InChI=1S/C15H10O2/c16-14-8-9-17-15-10-12(6-7-13(14)15)11-4-2-1-3-5-11/h1-10H. The lowest BCUT2D eigenvalue weighted by Gasteiger charge is -2.02. The minimum Gasteiger partial charge on any atom is -0.464 e. The summed E-state index contributed by atoms with van der Waals surface area (Å²) in [6, 6.07) is 17.1. The molecule has 0 unspecified atom stereocenters. The van der Waals surface area contributed by atoms with Crippen LogP contribution in [0.3, 0.4) is 0 Å². The van der Waals surface area contributed by atoms with E-state index in [4.69, 9.17) is 4.42 Å². The van der Waals surface area contributed by atoms with Crippen molar-refractivity contribution in [3.8, 4) is 11.1 Å². The monoisotopic (exact) mass is 222 g/mol. The van der Waals surface area contributed by atoms with E-state index in [0.717, 1.165) is 11.1 Å². The Morgan fingerprint density at radius 2 is 1.65 bits per heavy atom. The second-order valence-electron chi connectivity index (χ2n) is 3.86. The zero-order valence-electron chi connectivity index (χ0n) is 9.09. The summed E-state index contributed by atoms with van der Waals surface area (Å²) in [6.45, 7) is 0. The van der Waals surface area contributed by atoms with Crippen LogP contribution in [0.5, 0.6) is 0 Å². The molecule has 0 atom stereocenters. The zero-order chi connectivity index (χ0) is 11.7. The predicted molar refractivity (Wildman–Crippen MR) is 67.9 cm³/mol. The van der Waals surface area contributed by atoms with Crippen molar-refractivity contribution in [3.05, 3.63) is 71.1 Å². The van der Waals surface area contributed by atoms with Gasteiger partial charge in [-0.15, -0.1) is 0 Å². The largest absolute Gasteiger partial charge is 0.464 e. The molecule has 82 valence electrons. The van der Waals surface area contributed by atoms with Gasteiger partial charge in [-0.05, 0) is 23.3 Å². The molecule has 0 spiro atoms. The molecular formula is C15H10O2. The number of benzene rings is 2.